The van der Waals surface area contributed by atoms with Gasteiger partial charge in [0.25, 0.3) is 5.91 Å². The molecular formula is C16H15FN2O3. The van der Waals surface area contributed by atoms with Crippen LogP contribution in [0, 0.1) is 5.82 Å². The number of ether oxygens (including phenoxy) is 1. The fourth-order valence-electron chi connectivity index (χ4n) is 1.74. The van der Waals surface area contributed by atoms with Crippen molar-refractivity contribution in [1.82, 2.24) is 5.32 Å². The molecule has 0 saturated heterocycles. The molecule has 0 heterocycles. The molecule has 0 atom stereocenters. The van der Waals surface area contributed by atoms with Gasteiger partial charge >= 0.3 is 0 Å². The van der Waals surface area contributed by atoms with Crippen molar-refractivity contribution in [3.05, 3.63) is 59.9 Å². The Morgan fingerprint density at radius 2 is 1.68 bits per heavy atom. The quantitative estimate of drug-likeness (QED) is 0.890. The van der Waals surface area contributed by atoms with Crippen LogP contribution in [0.15, 0.2) is 48.5 Å². The molecule has 6 heteroatoms. The van der Waals surface area contributed by atoms with Crippen molar-refractivity contribution in [2.24, 2.45) is 0 Å². The third kappa shape index (κ3) is 4.31. The van der Waals surface area contributed by atoms with E-state index in [1.165, 1.54) is 24.3 Å². The van der Waals surface area contributed by atoms with Crippen molar-refractivity contribution in [1.29, 1.82) is 0 Å². The maximum absolute atomic E-state index is 12.8. The van der Waals surface area contributed by atoms with E-state index in [-0.39, 0.29) is 12.5 Å². The molecule has 0 bridgehead atoms. The van der Waals surface area contributed by atoms with Crippen LogP contribution in [0.3, 0.4) is 0 Å². The van der Waals surface area contributed by atoms with E-state index in [2.05, 4.69) is 10.6 Å². The van der Waals surface area contributed by atoms with Gasteiger partial charge in [0.05, 0.1) is 13.7 Å². The van der Waals surface area contributed by atoms with Gasteiger partial charge in [-0.2, -0.15) is 0 Å². The third-order valence-corrected chi connectivity index (χ3v) is 2.89. The molecule has 0 aliphatic rings. The van der Waals surface area contributed by atoms with E-state index in [0.29, 0.717) is 17.0 Å². The Bertz CT molecular complexity index is 654. The zero-order valence-electron chi connectivity index (χ0n) is 11.9. The van der Waals surface area contributed by atoms with E-state index in [4.69, 9.17) is 4.74 Å². The van der Waals surface area contributed by atoms with E-state index in [0.717, 1.165) is 0 Å². The summed E-state index contributed by atoms with van der Waals surface area (Å²) in [4.78, 5) is 23.5. The molecule has 114 valence electrons. The summed E-state index contributed by atoms with van der Waals surface area (Å²) in [5.74, 6) is -0.540. The van der Waals surface area contributed by atoms with Crippen molar-refractivity contribution >= 4 is 17.5 Å². The molecule has 0 aliphatic carbocycles. The highest BCUT2D eigenvalue weighted by Gasteiger charge is 2.08. The van der Waals surface area contributed by atoms with Gasteiger partial charge in [0.15, 0.2) is 0 Å². The van der Waals surface area contributed by atoms with Crippen LogP contribution < -0.4 is 15.4 Å². The average Bonchev–Trinajstić information content (AvgIpc) is 2.54. The van der Waals surface area contributed by atoms with Crippen LogP contribution in [0.1, 0.15) is 10.4 Å². The van der Waals surface area contributed by atoms with Crippen molar-refractivity contribution < 1.29 is 18.7 Å². The Hall–Kier alpha value is -2.89. The predicted molar refractivity (Wildman–Crippen MR) is 80.4 cm³/mol. The second-order valence-corrected chi connectivity index (χ2v) is 4.47. The molecule has 0 aromatic heterocycles. The lowest BCUT2D eigenvalue weighted by Gasteiger charge is -2.07. The van der Waals surface area contributed by atoms with Crippen molar-refractivity contribution in [2.75, 3.05) is 19.0 Å². The summed E-state index contributed by atoms with van der Waals surface area (Å²) in [5, 5.41) is 5.10. The van der Waals surface area contributed by atoms with Crippen LogP contribution >= 0.6 is 0 Å². The molecule has 22 heavy (non-hydrogen) atoms. The minimum Gasteiger partial charge on any atom is -0.497 e. The maximum atomic E-state index is 12.8. The Labute approximate surface area is 127 Å². The van der Waals surface area contributed by atoms with E-state index in [1.54, 1.807) is 31.4 Å². The first kappa shape index (κ1) is 15.5. The molecule has 0 radical (unpaired) electrons. The van der Waals surface area contributed by atoms with Crippen molar-refractivity contribution in [3.63, 3.8) is 0 Å². The summed E-state index contributed by atoms with van der Waals surface area (Å²) >= 11 is 0. The number of anilines is 1. The molecule has 2 N–H and O–H groups in total. The zero-order chi connectivity index (χ0) is 15.9. The lowest BCUT2D eigenvalue weighted by atomic mass is 10.2. The number of nitrogens with one attached hydrogen (secondary N) is 2. The monoisotopic (exact) mass is 302 g/mol. The maximum Gasteiger partial charge on any atom is 0.251 e. The minimum atomic E-state index is -0.440. The molecule has 0 spiro atoms. The van der Waals surface area contributed by atoms with Gasteiger partial charge in [-0.05, 0) is 48.5 Å². The summed E-state index contributed by atoms with van der Waals surface area (Å²) in [5.41, 5.74) is 0.889. The fraction of sp³-hybridized carbons (Fsp3) is 0.125. The summed E-state index contributed by atoms with van der Waals surface area (Å²) < 4.78 is 17.8. The predicted octanol–water partition coefficient (Wildman–Crippen LogP) is 2.20. The van der Waals surface area contributed by atoms with Gasteiger partial charge in [-0.3, -0.25) is 9.59 Å². The smallest absolute Gasteiger partial charge is 0.251 e. The van der Waals surface area contributed by atoms with Gasteiger partial charge in [-0.25, -0.2) is 4.39 Å². The number of carbonyl (C=O) groups is 2. The van der Waals surface area contributed by atoms with E-state index in [9.17, 15) is 14.0 Å². The number of hydrogen-bond acceptors (Lipinski definition) is 3. The first-order chi connectivity index (χ1) is 10.6. The van der Waals surface area contributed by atoms with Gasteiger partial charge in [-0.1, -0.05) is 0 Å². The number of hydrogen-bond donors (Lipinski definition) is 2. The zero-order valence-corrected chi connectivity index (χ0v) is 11.9. The van der Waals surface area contributed by atoms with E-state index >= 15 is 0 Å². The molecule has 2 aromatic carbocycles. The van der Waals surface area contributed by atoms with Gasteiger partial charge in [0, 0.05) is 11.3 Å². The van der Waals surface area contributed by atoms with Crippen LogP contribution in [0.2, 0.25) is 0 Å². The standard InChI is InChI=1S/C16H15FN2O3/c1-22-14-8-6-13(7-9-14)19-15(20)10-18-16(21)11-2-4-12(17)5-3-11/h2-9H,10H2,1H3,(H,18,21)(H,19,20). The Morgan fingerprint density at radius 3 is 2.27 bits per heavy atom. The Balaban J connectivity index is 1.84. The molecule has 5 nitrogen and oxygen atoms in total. The van der Waals surface area contributed by atoms with Crippen LogP contribution in [0.5, 0.6) is 5.75 Å². The number of amides is 2. The third-order valence-electron chi connectivity index (χ3n) is 2.89. The van der Waals surface area contributed by atoms with E-state index in [1.807, 2.05) is 0 Å². The number of methoxy groups -OCH3 is 1. The van der Waals surface area contributed by atoms with Gasteiger partial charge in [0.2, 0.25) is 5.91 Å². The summed E-state index contributed by atoms with van der Waals surface area (Å²) in [6.45, 7) is -0.178. The Kier molecular flexibility index (Phi) is 5.08. The van der Waals surface area contributed by atoms with Crippen molar-refractivity contribution in [2.45, 2.75) is 0 Å². The number of carbonyl (C=O) groups excluding carboxylic acids is 2. The van der Waals surface area contributed by atoms with E-state index < -0.39 is 11.7 Å². The highest BCUT2D eigenvalue weighted by Crippen LogP contribution is 2.14. The van der Waals surface area contributed by atoms with Crippen LogP contribution in [0.25, 0.3) is 0 Å². The molecular weight excluding hydrogens is 287 g/mol. The molecule has 0 aliphatic heterocycles. The average molecular weight is 302 g/mol. The second kappa shape index (κ2) is 7.21. The molecule has 0 unspecified atom stereocenters. The number of benzene rings is 2. The fourth-order valence-corrected chi connectivity index (χ4v) is 1.74. The topological polar surface area (TPSA) is 67.4 Å². The first-order valence-corrected chi connectivity index (χ1v) is 6.56. The summed E-state index contributed by atoms with van der Waals surface area (Å²) in [6, 6.07) is 11.9. The lowest BCUT2D eigenvalue weighted by molar-refractivity contribution is -0.115. The Morgan fingerprint density at radius 1 is 1.05 bits per heavy atom. The minimum absolute atomic E-state index is 0.178. The van der Waals surface area contributed by atoms with Gasteiger partial charge in [-0.15, -0.1) is 0 Å². The van der Waals surface area contributed by atoms with Crippen LogP contribution in [0.4, 0.5) is 10.1 Å². The second-order valence-electron chi connectivity index (χ2n) is 4.47. The van der Waals surface area contributed by atoms with Gasteiger partial charge in [0.1, 0.15) is 11.6 Å². The molecule has 0 saturated carbocycles. The largest absolute Gasteiger partial charge is 0.497 e. The SMILES string of the molecule is COc1ccc(NC(=O)CNC(=O)c2ccc(F)cc2)cc1. The first-order valence-electron chi connectivity index (χ1n) is 6.56. The molecule has 2 aromatic rings. The van der Waals surface area contributed by atoms with Crippen LogP contribution in [-0.2, 0) is 4.79 Å². The lowest BCUT2D eigenvalue weighted by Crippen LogP contribution is -2.32. The summed E-state index contributed by atoms with van der Waals surface area (Å²) in [6.07, 6.45) is 0. The molecule has 0 fully saturated rings. The normalized spacial score (nSPS) is 9.91. The van der Waals surface area contributed by atoms with Crippen molar-refractivity contribution in [3.8, 4) is 5.75 Å². The van der Waals surface area contributed by atoms with Crippen LogP contribution in [-0.4, -0.2) is 25.5 Å². The number of rotatable bonds is 5. The highest BCUT2D eigenvalue weighted by atomic mass is 19.1. The number of halogens is 1. The summed E-state index contributed by atoms with van der Waals surface area (Å²) in [7, 11) is 1.55. The van der Waals surface area contributed by atoms with Gasteiger partial charge < -0.3 is 15.4 Å². The highest BCUT2D eigenvalue weighted by molar-refractivity contribution is 5.99. The molecule has 2 rings (SSSR count). The molecule has 2 amide bonds.